The number of aryl methyl sites for hydroxylation is 2. The van der Waals surface area contributed by atoms with Crippen molar-refractivity contribution in [3.8, 4) is 11.8 Å². The average Bonchev–Trinajstić information content (AvgIpc) is 2.92. The Labute approximate surface area is 150 Å². The maximum Gasteiger partial charge on any atom is 0.281 e. The lowest BCUT2D eigenvalue weighted by Crippen LogP contribution is -2.16. The van der Waals surface area contributed by atoms with E-state index in [2.05, 4.69) is 10.5 Å². The van der Waals surface area contributed by atoms with Crippen LogP contribution in [0.4, 0.5) is 0 Å². The van der Waals surface area contributed by atoms with Crippen molar-refractivity contribution < 1.29 is 9.53 Å². The molecular formula is C19H19N3O2S. The molecule has 1 aromatic carbocycles. The van der Waals surface area contributed by atoms with E-state index in [-0.39, 0.29) is 12.5 Å². The maximum atomic E-state index is 12.2. The Bertz CT molecular complexity index is 780. The number of ether oxygens (including phenoxy) is 1. The number of nitriles is 1. The molecule has 0 aliphatic heterocycles. The van der Waals surface area contributed by atoms with Crippen molar-refractivity contribution in [2.24, 2.45) is 5.10 Å². The zero-order valence-electron chi connectivity index (χ0n) is 13.8. The molecule has 1 aliphatic rings. The van der Waals surface area contributed by atoms with Gasteiger partial charge in [0, 0.05) is 4.88 Å². The molecule has 1 aromatic heterocycles. The summed E-state index contributed by atoms with van der Waals surface area (Å²) in [5, 5.41) is 12.5. The molecule has 6 heteroatoms. The highest BCUT2D eigenvalue weighted by atomic mass is 32.1. The van der Waals surface area contributed by atoms with Gasteiger partial charge in [-0.05, 0) is 67.1 Å². The second kappa shape index (κ2) is 8.45. The van der Waals surface area contributed by atoms with Gasteiger partial charge in [0.25, 0.3) is 5.91 Å². The van der Waals surface area contributed by atoms with Gasteiger partial charge in [0.1, 0.15) is 11.8 Å². The first-order valence-corrected chi connectivity index (χ1v) is 9.13. The van der Waals surface area contributed by atoms with Gasteiger partial charge in [0.05, 0.1) is 11.1 Å². The first kappa shape index (κ1) is 17.2. The molecule has 0 saturated carbocycles. The van der Waals surface area contributed by atoms with Crippen LogP contribution in [0, 0.1) is 11.3 Å². The zero-order chi connectivity index (χ0) is 17.5. The smallest absolute Gasteiger partial charge is 0.281 e. The largest absolute Gasteiger partial charge is 0.479 e. The monoisotopic (exact) mass is 353 g/mol. The van der Waals surface area contributed by atoms with Gasteiger partial charge in [0.2, 0.25) is 0 Å². The Balaban J connectivity index is 1.56. The Morgan fingerprint density at radius 2 is 2.08 bits per heavy atom. The fourth-order valence-electron chi connectivity index (χ4n) is 2.77. The van der Waals surface area contributed by atoms with Crippen LogP contribution in [0.1, 0.15) is 44.9 Å². The van der Waals surface area contributed by atoms with Gasteiger partial charge in [-0.25, -0.2) is 5.43 Å². The number of amides is 1. The molecule has 0 spiro atoms. The Morgan fingerprint density at radius 1 is 1.28 bits per heavy atom. The van der Waals surface area contributed by atoms with Gasteiger partial charge < -0.3 is 4.74 Å². The molecule has 0 radical (unpaired) electrons. The van der Waals surface area contributed by atoms with E-state index in [4.69, 9.17) is 10.00 Å². The van der Waals surface area contributed by atoms with Gasteiger partial charge in [-0.15, -0.1) is 11.3 Å². The summed E-state index contributed by atoms with van der Waals surface area (Å²) in [6.07, 6.45) is 7.43. The van der Waals surface area contributed by atoms with Gasteiger partial charge in [0.15, 0.2) is 6.61 Å². The van der Waals surface area contributed by atoms with Gasteiger partial charge >= 0.3 is 0 Å². The predicted molar refractivity (Wildman–Crippen MR) is 98.2 cm³/mol. The number of rotatable bonds is 5. The molecule has 1 aliphatic carbocycles. The third kappa shape index (κ3) is 4.68. The van der Waals surface area contributed by atoms with Crippen LogP contribution in [-0.4, -0.2) is 18.7 Å². The molecule has 0 bridgehead atoms. The molecule has 5 nitrogen and oxygen atoms in total. The normalized spacial score (nSPS) is 13.7. The van der Waals surface area contributed by atoms with Gasteiger partial charge in [-0.3, -0.25) is 4.79 Å². The predicted octanol–water partition coefficient (Wildman–Crippen LogP) is 3.68. The van der Waals surface area contributed by atoms with Crippen molar-refractivity contribution in [3.05, 3.63) is 51.2 Å². The van der Waals surface area contributed by atoms with E-state index in [0.29, 0.717) is 5.75 Å². The molecule has 0 unspecified atom stereocenters. The van der Waals surface area contributed by atoms with E-state index in [9.17, 15) is 4.79 Å². The lowest BCUT2D eigenvalue weighted by molar-refractivity contribution is 0.0959. The first-order valence-electron chi connectivity index (χ1n) is 8.31. The average molecular weight is 353 g/mol. The second-order valence-corrected chi connectivity index (χ2v) is 6.97. The minimum Gasteiger partial charge on any atom is -0.479 e. The molecule has 2 aromatic rings. The van der Waals surface area contributed by atoms with E-state index in [1.54, 1.807) is 29.7 Å². The Kier molecular flexibility index (Phi) is 5.81. The minimum atomic E-state index is -0.164. The Hall–Kier alpha value is -2.65. The summed E-state index contributed by atoms with van der Waals surface area (Å²) in [4.78, 5) is 14.3. The molecular weight excluding hydrogens is 334 g/mol. The molecule has 0 saturated heterocycles. The van der Waals surface area contributed by atoms with Crippen molar-refractivity contribution in [1.82, 2.24) is 5.43 Å². The van der Waals surface area contributed by atoms with E-state index >= 15 is 0 Å². The lowest BCUT2D eigenvalue weighted by Gasteiger charge is -2.01. The number of hydrazone groups is 1. The van der Waals surface area contributed by atoms with Crippen molar-refractivity contribution in [1.29, 1.82) is 5.26 Å². The van der Waals surface area contributed by atoms with Crippen molar-refractivity contribution in [2.45, 2.75) is 32.1 Å². The standard InChI is InChI=1S/C19H19N3O2S/c20-10-11-24-16-8-6-14(7-9-16)13-21-22-19(23)18-12-15-4-2-1-3-5-17(15)25-18/h6-9,12-13H,1-5,11H2,(H,22,23)/b21-13-. The maximum absolute atomic E-state index is 12.2. The van der Waals surface area contributed by atoms with Crippen molar-refractivity contribution in [3.63, 3.8) is 0 Å². The number of nitrogens with zero attached hydrogens (tertiary/aromatic N) is 2. The van der Waals surface area contributed by atoms with Gasteiger partial charge in [-0.1, -0.05) is 6.42 Å². The molecule has 3 rings (SSSR count). The molecule has 128 valence electrons. The van der Waals surface area contributed by atoms with Crippen LogP contribution in [-0.2, 0) is 12.8 Å². The van der Waals surface area contributed by atoms with Crippen molar-refractivity contribution >= 4 is 23.5 Å². The van der Waals surface area contributed by atoms with Crippen LogP contribution < -0.4 is 10.2 Å². The summed E-state index contributed by atoms with van der Waals surface area (Å²) in [6, 6.07) is 11.1. The number of benzene rings is 1. The molecule has 0 atom stereocenters. The lowest BCUT2D eigenvalue weighted by atomic mass is 10.1. The summed E-state index contributed by atoms with van der Waals surface area (Å²) in [7, 11) is 0. The highest BCUT2D eigenvalue weighted by molar-refractivity contribution is 7.14. The third-order valence-corrected chi connectivity index (χ3v) is 5.27. The second-order valence-electron chi connectivity index (χ2n) is 5.83. The van der Waals surface area contributed by atoms with Crippen LogP contribution in [0.5, 0.6) is 5.75 Å². The number of carbonyl (C=O) groups is 1. The number of carbonyl (C=O) groups excluding carboxylic acids is 1. The van der Waals surface area contributed by atoms with Crippen LogP contribution in [0.2, 0.25) is 0 Å². The summed E-state index contributed by atoms with van der Waals surface area (Å²) in [6.45, 7) is 0.0221. The summed E-state index contributed by atoms with van der Waals surface area (Å²) >= 11 is 1.58. The third-order valence-electron chi connectivity index (χ3n) is 4.03. The SMILES string of the molecule is N#CCOc1ccc(/C=N\NC(=O)c2cc3c(s2)CCCCC3)cc1. The molecule has 1 amide bonds. The topological polar surface area (TPSA) is 74.5 Å². The molecule has 25 heavy (non-hydrogen) atoms. The van der Waals surface area contributed by atoms with Crippen LogP contribution in [0.25, 0.3) is 0 Å². The number of thiophene rings is 1. The van der Waals surface area contributed by atoms with Crippen LogP contribution in [0.3, 0.4) is 0 Å². The Morgan fingerprint density at radius 3 is 2.88 bits per heavy atom. The van der Waals surface area contributed by atoms with E-state index in [1.165, 1.54) is 29.7 Å². The molecule has 1 N–H and O–H groups in total. The van der Waals surface area contributed by atoms with Gasteiger partial charge in [-0.2, -0.15) is 10.4 Å². The number of hydrogen-bond donors (Lipinski definition) is 1. The molecule has 1 heterocycles. The zero-order valence-corrected chi connectivity index (χ0v) is 14.6. The summed E-state index contributed by atoms with van der Waals surface area (Å²) in [5.41, 5.74) is 4.75. The summed E-state index contributed by atoms with van der Waals surface area (Å²) in [5.74, 6) is 0.464. The highest BCUT2D eigenvalue weighted by Crippen LogP contribution is 2.28. The summed E-state index contributed by atoms with van der Waals surface area (Å²) < 4.78 is 5.19. The fourth-order valence-corrected chi connectivity index (χ4v) is 3.91. The molecule has 0 fully saturated rings. The number of fused-ring (bicyclic) bond motifs is 1. The van der Waals surface area contributed by atoms with E-state index in [1.807, 2.05) is 24.3 Å². The van der Waals surface area contributed by atoms with Crippen LogP contribution >= 0.6 is 11.3 Å². The van der Waals surface area contributed by atoms with E-state index in [0.717, 1.165) is 23.3 Å². The number of hydrogen-bond acceptors (Lipinski definition) is 5. The minimum absolute atomic E-state index is 0.0221. The fraction of sp³-hybridized carbons (Fsp3) is 0.316. The number of nitrogens with one attached hydrogen (secondary N) is 1. The van der Waals surface area contributed by atoms with Crippen LogP contribution in [0.15, 0.2) is 35.4 Å². The highest BCUT2D eigenvalue weighted by Gasteiger charge is 2.15. The van der Waals surface area contributed by atoms with Crippen molar-refractivity contribution in [2.75, 3.05) is 6.61 Å². The quantitative estimate of drug-likeness (QED) is 0.506. The first-order chi connectivity index (χ1) is 12.3. The van der Waals surface area contributed by atoms with E-state index < -0.39 is 0 Å².